The molecule has 102 valence electrons. The van der Waals surface area contributed by atoms with Crippen molar-refractivity contribution in [3.8, 4) is 0 Å². The highest BCUT2D eigenvalue weighted by molar-refractivity contribution is 9.10. The van der Waals surface area contributed by atoms with Crippen molar-refractivity contribution in [1.29, 1.82) is 0 Å². The fourth-order valence-electron chi connectivity index (χ4n) is 1.88. The van der Waals surface area contributed by atoms with Crippen LogP contribution in [0.15, 0.2) is 28.7 Å². The zero-order valence-electron chi connectivity index (χ0n) is 10.7. The molecule has 1 unspecified atom stereocenters. The van der Waals surface area contributed by atoms with Gasteiger partial charge in [-0.05, 0) is 59.6 Å². The van der Waals surface area contributed by atoms with Gasteiger partial charge in [-0.2, -0.15) is 0 Å². The van der Waals surface area contributed by atoms with Crippen LogP contribution in [0.2, 0.25) is 0 Å². The number of aliphatic hydroxyl groups is 1. The molecule has 0 aliphatic rings. The van der Waals surface area contributed by atoms with Crippen LogP contribution in [0.1, 0.15) is 21.4 Å². The Kier molecular flexibility index (Phi) is 4.60. The Hall–Kier alpha value is -0.910. The fourth-order valence-corrected chi connectivity index (χ4v) is 3.48. The van der Waals surface area contributed by atoms with Crippen molar-refractivity contribution >= 4 is 33.0 Å². The van der Waals surface area contributed by atoms with Crippen LogP contribution in [0.5, 0.6) is 0 Å². The summed E-state index contributed by atoms with van der Waals surface area (Å²) in [7, 11) is 0. The lowest BCUT2D eigenvalue weighted by molar-refractivity contribution is 0.277. The summed E-state index contributed by atoms with van der Waals surface area (Å²) in [6.07, 6.45) is 0. The molecule has 1 atom stereocenters. The molecule has 2 nitrogen and oxygen atoms in total. The lowest BCUT2D eigenvalue weighted by atomic mass is 10.2. The largest absolute Gasteiger partial charge is 0.394 e. The number of aryl methyl sites for hydroxylation is 2. The van der Waals surface area contributed by atoms with E-state index in [4.69, 9.17) is 0 Å². The maximum atomic E-state index is 13.3. The molecule has 0 fully saturated rings. The first-order valence-electron chi connectivity index (χ1n) is 5.90. The normalized spacial score (nSPS) is 12.5. The number of rotatable bonds is 4. The summed E-state index contributed by atoms with van der Waals surface area (Å²) in [5.41, 5.74) is 1.53. The quantitative estimate of drug-likeness (QED) is 0.861. The van der Waals surface area contributed by atoms with Gasteiger partial charge in [0.15, 0.2) is 0 Å². The number of thiophene rings is 1. The third-order valence-corrected chi connectivity index (χ3v) is 5.04. The molecule has 0 saturated heterocycles. The van der Waals surface area contributed by atoms with E-state index in [1.165, 1.54) is 12.1 Å². The van der Waals surface area contributed by atoms with E-state index in [0.29, 0.717) is 5.69 Å². The minimum Gasteiger partial charge on any atom is -0.394 e. The molecule has 2 N–H and O–H groups in total. The second-order valence-electron chi connectivity index (χ2n) is 4.45. The Bertz CT molecular complexity index is 545. The van der Waals surface area contributed by atoms with Gasteiger partial charge in [-0.3, -0.25) is 0 Å². The Balaban J connectivity index is 2.23. The van der Waals surface area contributed by atoms with E-state index >= 15 is 0 Å². The first-order valence-corrected chi connectivity index (χ1v) is 7.51. The molecule has 0 amide bonds. The van der Waals surface area contributed by atoms with Crippen LogP contribution in [0.3, 0.4) is 0 Å². The SMILES string of the molecule is Cc1cc(F)cc(NC(CO)c2cc(Br)c(C)s2)c1. The van der Waals surface area contributed by atoms with Crippen molar-refractivity contribution in [2.45, 2.75) is 19.9 Å². The molecule has 0 saturated carbocycles. The van der Waals surface area contributed by atoms with E-state index in [0.717, 1.165) is 19.8 Å². The highest BCUT2D eigenvalue weighted by Crippen LogP contribution is 2.32. The number of nitrogens with one attached hydrogen (secondary N) is 1. The van der Waals surface area contributed by atoms with E-state index in [-0.39, 0.29) is 18.5 Å². The van der Waals surface area contributed by atoms with Gasteiger partial charge in [0.1, 0.15) is 5.82 Å². The molecule has 1 aromatic carbocycles. The predicted molar refractivity (Wildman–Crippen MR) is 81.3 cm³/mol. The second kappa shape index (κ2) is 6.03. The first kappa shape index (κ1) is 14.5. The van der Waals surface area contributed by atoms with E-state index in [1.807, 2.05) is 26.0 Å². The molecule has 0 bridgehead atoms. The van der Waals surface area contributed by atoms with Crippen LogP contribution in [-0.4, -0.2) is 11.7 Å². The average Bonchev–Trinajstić information content (AvgIpc) is 2.65. The molecule has 2 aromatic rings. The first-order chi connectivity index (χ1) is 8.99. The van der Waals surface area contributed by atoms with Gasteiger partial charge in [0.25, 0.3) is 0 Å². The minimum atomic E-state index is -0.275. The Morgan fingerprint density at radius 2 is 2.05 bits per heavy atom. The summed E-state index contributed by atoms with van der Waals surface area (Å²) in [5.74, 6) is -0.275. The van der Waals surface area contributed by atoms with E-state index in [9.17, 15) is 9.50 Å². The van der Waals surface area contributed by atoms with E-state index in [2.05, 4.69) is 21.2 Å². The summed E-state index contributed by atoms with van der Waals surface area (Å²) in [6, 6.07) is 6.54. The molecular formula is C14H15BrFNOS. The van der Waals surface area contributed by atoms with Crippen LogP contribution >= 0.6 is 27.3 Å². The van der Waals surface area contributed by atoms with Crippen molar-refractivity contribution in [1.82, 2.24) is 0 Å². The molecule has 5 heteroatoms. The highest BCUT2D eigenvalue weighted by atomic mass is 79.9. The molecule has 0 aliphatic heterocycles. The van der Waals surface area contributed by atoms with Crippen molar-refractivity contribution in [3.63, 3.8) is 0 Å². The predicted octanol–water partition coefficient (Wildman–Crippen LogP) is 4.41. The van der Waals surface area contributed by atoms with Gasteiger partial charge in [0.05, 0.1) is 12.6 Å². The van der Waals surface area contributed by atoms with Gasteiger partial charge in [-0.1, -0.05) is 0 Å². The summed E-state index contributed by atoms with van der Waals surface area (Å²) < 4.78 is 14.4. The van der Waals surface area contributed by atoms with Gasteiger partial charge >= 0.3 is 0 Å². The Labute approximate surface area is 124 Å². The monoisotopic (exact) mass is 343 g/mol. The molecule has 19 heavy (non-hydrogen) atoms. The Morgan fingerprint density at radius 1 is 1.32 bits per heavy atom. The molecule has 0 radical (unpaired) electrons. The maximum absolute atomic E-state index is 13.3. The fraction of sp³-hybridized carbons (Fsp3) is 0.286. The topological polar surface area (TPSA) is 32.3 Å². The summed E-state index contributed by atoms with van der Waals surface area (Å²) >= 11 is 5.07. The van der Waals surface area contributed by atoms with Gasteiger partial charge in [0.2, 0.25) is 0 Å². The molecular weight excluding hydrogens is 329 g/mol. The summed E-state index contributed by atoms with van der Waals surface area (Å²) in [4.78, 5) is 2.18. The number of aliphatic hydroxyl groups excluding tert-OH is 1. The molecule has 1 aromatic heterocycles. The lowest BCUT2D eigenvalue weighted by Crippen LogP contribution is -2.13. The highest BCUT2D eigenvalue weighted by Gasteiger charge is 2.14. The van der Waals surface area contributed by atoms with Crippen molar-refractivity contribution < 1.29 is 9.50 Å². The van der Waals surface area contributed by atoms with E-state index in [1.54, 1.807) is 11.3 Å². The summed E-state index contributed by atoms with van der Waals surface area (Å²) in [6.45, 7) is 3.81. The van der Waals surface area contributed by atoms with Crippen molar-refractivity contribution in [2.75, 3.05) is 11.9 Å². The molecule has 0 aliphatic carbocycles. The average molecular weight is 344 g/mol. The number of hydrogen-bond donors (Lipinski definition) is 2. The third kappa shape index (κ3) is 3.55. The standard InChI is InChI=1S/C14H15BrFNOS/c1-8-3-10(16)5-11(4-8)17-13(7-18)14-6-12(15)9(2)19-14/h3-6,13,17-18H,7H2,1-2H3. The maximum Gasteiger partial charge on any atom is 0.125 e. The van der Waals surface area contributed by atoms with Crippen LogP contribution in [0.4, 0.5) is 10.1 Å². The zero-order chi connectivity index (χ0) is 14.0. The summed E-state index contributed by atoms with van der Waals surface area (Å²) in [5, 5.41) is 12.7. The number of hydrogen-bond acceptors (Lipinski definition) is 3. The van der Waals surface area contributed by atoms with Crippen LogP contribution in [0.25, 0.3) is 0 Å². The lowest BCUT2D eigenvalue weighted by Gasteiger charge is -2.16. The van der Waals surface area contributed by atoms with Crippen LogP contribution < -0.4 is 5.32 Å². The molecule has 1 heterocycles. The second-order valence-corrected chi connectivity index (χ2v) is 6.59. The number of anilines is 1. The minimum absolute atomic E-state index is 0.0397. The smallest absolute Gasteiger partial charge is 0.125 e. The van der Waals surface area contributed by atoms with Gasteiger partial charge in [0, 0.05) is 19.9 Å². The van der Waals surface area contributed by atoms with Crippen molar-refractivity contribution in [2.24, 2.45) is 0 Å². The third-order valence-electron chi connectivity index (χ3n) is 2.79. The molecule has 0 spiro atoms. The van der Waals surface area contributed by atoms with Crippen LogP contribution in [-0.2, 0) is 0 Å². The van der Waals surface area contributed by atoms with Crippen molar-refractivity contribution in [3.05, 3.63) is 49.9 Å². The number of benzene rings is 1. The van der Waals surface area contributed by atoms with E-state index < -0.39 is 0 Å². The van der Waals surface area contributed by atoms with Gasteiger partial charge < -0.3 is 10.4 Å². The molecule has 2 rings (SSSR count). The number of halogens is 2. The Morgan fingerprint density at radius 3 is 2.58 bits per heavy atom. The van der Waals surface area contributed by atoms with Gasteiger partial charge in [-0.15, -0.1) is 11.3 Å². The zero-order valence-corrected chi connectivity index (χ0v) is 13.1. The van der Waals surface area contributed by atoms with Gasteiger partial charge in [-0.25, -0.2) is 4.39 Å². The van der Waals surface area contributed by atoms with Crippen LogP contribution in [0, 0.1) is 19.7 Å².